The third-order valence-electron chi connectivity index (χ3n) is 5.06. The first-order chi connectivity index (χ1) is 14.1. The van der Waals surface area contributed by atoms with E-state index in [1.807, 2.05) is 24.3 Å². The summed E-state index contributed by atoms with van der Waals surface area (Å²) in [5, 5.41) is 3.83. The Hall–Kier alpha value is -2.44. The van der Waals surface area contributed by atoms with Gasteiger partial charge in [-0.1, -0.05) is 17.7 Å². The molecule has 3 rings (SSSR count). The van der Waals surface area contributed by atoms with Crippen LogP contribution in [0.15, 0.2) is 42.5 Å². The minimum Gasteiger partial charge on any atom is -0.493 e. The smallest absolute Gasteiger partial charge is 0.255 e. The SMILES string of the molecule is COc1cccc(C(=O)NC2CCN(CCOc3ccc(Cl)cc3)CC2)c1OC. The Labute approximate surface area is 176 Å². The number of piperidine rings is 1. The van der Waals surface area contributed by atoms with Crippen molar-refractivity contribution in [2.75, 3.05) is 40.5 Å². The maximum absolute atomic E-state index is 12.7. The average molecular weight is 419 g/mol. The first-order valence-electron chi connectivity index (χ1n) is 9.73. The fourth-order valence-corrected chi connectivity index (χ4v) is 3.58. The van der Waals surface area contributed by atoms with Crippen LogP contribution in [0.3, 0.4) is 0 Å². The molecule has 6 nitrogen and oxygen atoms in total. The van der Waals surface area contributed by atoms with Crippen molar-refractivity contribution in [3.63, 3.8) is 0 Å². The first-order valence-corrected chi connectivity index (χ1v) is 10.1. The van der Waals surface area contributed by atoms with Gasteiger partial charge in [0.1, 0.15) is 12.4 Å². The van der Waals surface area contributed by atoms with Gasteiger partial charge in [0.05, 0.1) is 19.8 Å². The van der Waals surface area contributed by atoms with Gasteiger partial charge in [-0.2, -0.15) is 0 Å². The zero-order valence-corrected chi connectivity index (χ0v) is 17.6. The second-order valence-corrected chi connectivity index (χ2v) is 7.37. The van der Waals surface area contributed by atoms with Crippen molar-refractivity contribution in [3.05, 3.63) is 53.1 Å². The van der Waals surface area contributed by atoms with E-state index < -0.39 is 0 Å². The molecule has 1 amide bonds. The van der Waals surface area contributed by atoms with Crippen LogP contribution in [0.25, 0.3) is 0 Å². The number of benzene rings is 2. The molecule has 0 aromatic heterocycles. The van der Waals surface area contributed by atoms with Crippen molar-refractivity contribution in [1.82, 2.24) is 10.2 Å². The Balaban J connectivity index is 1.44. The second-order valence-electron chi connectivity index (χ2n) is 6.93. The summed E-state index contributed by atoms with van der Waals surface area (Å²) in [7, 11) is 3.10. The molecule has 0 radical (unpaired) electrons. The quantitative estimate of drug-likeness (QED) is 0.709. The number of carbonyl (C=O) groups excluding carboxylic acids is 1. The Kier molecular flexibility index (Phi) is 7.61. The molecule has 0 aliphatic carbocycles. The van der Waals surface area contributed by atoms with E-state index in [4.69, 9.17) is 25.8 Å². The summed E-state index contributed by atoms with van der Waals surface area (Å²) < 4.78 is 16.4. The summed E-state index contributed by atoms with van der Waals surface area (Å²) in [5.41, 5.74) is 0.491. The van der Waals surface area contributed by atoms with Gasteiger partial charge in [-0.15, -0.1) is 0 Å². The van der Waals surface area contributed by atoms with Crippen molar-refractivity contribution < 1.29 is 19.0 Å². The lowest BCUT2D eigenvalue weighted by Crippen LogP contribution is -2.45. The molecule has 156 valence electrons. The molecule has 0 bridgehead atoms. The lowest BCUT2D eigenvalue weighted by Gasteiger charge is -2.32. The zero-order chi connectivity index (χ0) is 20.6. The molecular formula is C22H27ClN2O4. The third kappa shape index (κ3) is 5.78. The van der Waals surface area contributed by atoms with Crippen LogP contribution >= 0.6 is 11.6 Å². The van der Waals surface area contributed by atoms with Gasteiger partial charge in [0.15, 0.2) is 11.5 Å². The van der Waals surface area contributed by atoms with Crippen molar-refractivity contribution in [2.45, 2.75) is 18.9 Å². The summed E-state index contributed by atoms with van der Waals surface area (Å²) in [6.45, 7) is 3.32. The number of likely N-dealkylation sites (tertiary alicyclic amines) is 1. The number of amides is 1. The minimum absolute atomic E-state index is 0.134. The van der Waals surface area contributed by atoms with Gasteiger partial charge >= 0.3 is 0 Å². The Morgan fingerprint density at radius 3 is 2.48 bits per heavy atom. The summed E-state index contributed by atoms with van der Waals surface area (Å²) >= 11 is 5.88. The van der Waals surface area contributed by atoms with Crippen LogP contribution in [0, 0.1) is 0 Å². The summed E-state index contributed by atoms with van der Waals surface area (Å²) in [6.07, 6.45) is 1.80. The highest BCUT2D eigenvalue weighted by molar-refractivity contribution is 6.30. The molecule has 1 saturated heterocycles. The van der Waals surface area contributed by atoms with E-state index in [-0.39, 0.29) is 11.9 Å². The molecule has 1 heterocycles. The second kappa shape index (κ2) is 10.4. The predicted molar refractivity (Wildman–Crippen MR) is 113 cm³/mol. The summed E-state index contributed by atoms with van der Waals surface area (Å²) in [5.74, 6) is 1.70. The topological polar surface area (TPSA) is 60.0 Å². The number of ether oxygens (including phenoxy) is 3. The minimum atomic E-state index is -0.134. The fraction of sp³-hybridized carbons (Fsp3) is 0.409. The van der Waals surface area contributed by atoms with Crippen LogP contribution in [-0.4, -0.2) is 57.3 Å². The van der Waals surface area contributed by atoms with Crippen LogP contribution in [0.1, 0.15) is 23.2 Å². The van der Waals surface area contributed by atoms with Gasteiger partial charge in [0.25, 0.3) is 5.91 Å². The van der Waals surface area contributed by atoms with Crippen molar-refractivity contribution >= 4 is 17.5 Å². The molecule has 2 aromatic carbocycles. The molecule has 1 aliphatic heterocycles. The van der Waals surface area contributed by atoms with E-state index in [2.05, 4.69) is 10.2 Å². The number of methoxy groups -OCH3 is 2. The standard InChI is InChI=1S/C22H27ClN2O4/c1-27-20-5-3-4-19(21(20)28-2)22(26)24-17-10-12-25(13-11-17)14-15-29-18-8-6-16(23)7-9-18/h3-9,17H,10-15H2,1-2H3,(H,24,26). The van der Waals surface area contributed by atoms with Gasteiger partial charge in [0, 0.05) is 30.7 Å². The first kappa shape index (κ1) is 21.3. The fourth-order valence-electron chi connectivity index (χ4n) is 3.45. The van der Waals surface area contributed by atoms with Gasteiger partial charge in [-0.05, 0) is 49.2 Å². The molecule has 2 aromatic rings. The maximum atomic E-state index is 12.7. The number of halogens is 1. The highest BCUT2D eigenvalue weighted by atomic mass is 35.5. The summed E-state index contributed by atoms with van der Waals surface area (Å²) in [4.78, 5) is 15.1. The molecule has 1 N–H and O–H groups in total. The Morgan fingerprint density at radius 2 is 1.83 bits per heavy atom. The molecule has 7 heteroatoms. The van der Waals surface area contributed by atoms with Gasteiger partial charge in [-0.3, -0.25) is 9.69 Å². The Bertz CT molecular complexity index is 805. The van der Waals surface area contributed by atoms with E-state index in [0.717, 1.165) is 38.2 Å². The largest absolute Gasteiger partial charge is 0.493 e. The average Bonchev–Trinajstić information content (AvgIpc) is 2.75. The Morgan fingerprint density at radius 1 is 1.10 bits per heavy atom. The molecule has 0 spiro atoms. The molecule has 1 fully saturated rings. The molecule has 0 unspecified atom stereocenters. The number of para-hydroxylation sites is 1. The number of hydrogen-bond acceptors (Lipinski definition) is 5. The molecule has 0 saturated carbocycles. The van der Waals surface area contributed by atoms with E-state index >= 15 is 0 Å². The van der Waals surface area contributed by atoms with Crippen molar-refractivity contribution in [2.24, 2.45) is 0 Å². The normalized spacial score (nSPS) is 15.0. The number of hydrogen-bond donors (Lipinski definition) is 1. The van der Waals surface area contributed by atoms with Crippen LogP contribution < -0.4 is 19.5 Å². The maximum Gasteiger partial charge on any atom is 0.255 e. The lowest BCUT2D eigenvalue weighted by atomic mass is 10.0. The van der Waals surface area contributed by atoms with E-state index in [9.17, 15) is 4.79 Å². The predicted octanol–water partition coefficient (Wildman–Crippen LogP) is 3.63. The molecule has 1 aliphatic rings. The lowest BCUT2D eigenvalue weighted by molar-refractivity contribution is 0.0902. The number of carbonyl (C=O) groups is 1. The number of nitrogens with zero attached hydrogens (tertiary/aromatic N) is 1. The van der Waals surface area contributed by atoms with E-state index in [1.54, 1.807) is 32.4 Å². The summed E-state index contributed by atoms with van der Waals surface area (Å²) in [6, 6.07) is 12.9. The number of rotatable bonds is 8. The highest BCUT2D eigenvalue weighted by Gasteiger charge is 2.23. The highest BCUT2D eigenvalue weighted by Crippen LogP contribution is 2.30. The third-order valence-corrected chi connectivity index (χ3v) is 5.31. The van der Waals surface area contributed by atoms with Gasteiger partial charge in [0.2, 0.25) is 0 Å². The van der Waals surface area contributed by atoms with Crippen molar-refractivity contribution in [3.8, 4) is 17.2 Å². The van der Waals surface area contributed by atoms with E-state index in [0.29, 0.717) is 28.7 Å². The van der Waals surface area contributed by atoms with Crippen LogP contribution in [0.5, 0.6) is 17.2 Å². The van der Waals surface area contributed by atoms with Crippen LogP contribution in [0.2, 0.25) is 5.02 Å². The van der Waals surface area contributed by atoms with E-state index in [1.165, 1.54) is 0 Å². The number of nitrogens with one attached hydrogen (secondary N) is 1. The zero-order valence-electron chi connectivity index (χ0n) is 16.8. The molecule has 29 heavy (non-hydrogen) atoms. The van der Waals surface area contributed by atoms with Gasteiger partial charge in [-0.25, -0.2) is 0 Å². The van der Waals surface area contributed by atoms with Crippen molar-refractivity contribution in [1.29, 1.82) is 0 Å². The monoisotopic (exact) mass is 418 g/mol. The van der Waals surface area contributed by atoms with Crippen LogP contribution in [0.4, 0.5) is 0 Å². The molecule has 0 atom stereocenters. The van der Waals surface area contributed by atoms with Crippen LogP contribution in [-0.2, 0) is 0 Å². The van der Waals surface area contributed by atoms with Gasteiger partial charge < -0.3 is 19.5 Å². The molecular weight excluding hydrogens is 392 g/mol.